The molecular formula is C15H27N3O. The Kier molecular flexibility index (Phi) is 4.29. The molecule has 4 nitrogen and oxygen atoms in total. The molecule has 0 bridgehead atoms. The molecular weight excluding hydrogens is 238 g/mol. The molecule has 0 aromatic carbocycles. The van der Waals surface area contributed by atoms with Crippen LogP contribution in [0.4, 0.5) is 0 Å². The first-order valence-electron chi connectivity index (χ1n) is 7.53. The second kappa shape index (κ2) is 5.61. The maximum Gasteiger partial charge on any atom is 0.0730 e. The monoisotopic (exact) mass is 265 g/mol. The summed E-state index contributed by atoms with van der Waals surface area (Å²) in [5.41, 5.74) is 1.09. The van der Waals surface area contributed by atoms with Crippen molar-refractivity contribution < 1.29 is 5.11 Å². The lowest BCUT2D eigenvalue weighted by Crippen LogP contribution is -2.42. The van der Waals surface area contributed by atoms with Gasteiger partial charge in [0.05, 0.1) is 18.0 Å². The Morgan fingerprint density at radius 1 is 1.42 bits per heavy atom. The number of rotatable bonds is 4. The van der Waals surface area contributed by atoms with Gasteiger partial charge in [0.2, 0.25) is 0 Å². The summed E-state index contributed by atoms with van der Waals surface area (Å²) in [7, 11) is 0. The highest BCUT2D eigenvalue weighted by molar-refractivity contribution is 5.14. The third kappa shape index (κ3) is 2.83. The lowest BCUT2D eigenvalue weighted by atomic mass is 9.66. The molecule has 1 aromatic rings. The van der Waals surface area contributed by atoms with Crippen molar-refractivity contribution in [3.05, 3.63) is 11.9 Å². The van der Waals surface area contributed by atoms with Crippen LogP contribution in [0, 0.1) is 11.8 Å². The van der Waals surface area contributed by atoms with Crippen LogP contribution in [-0.4, -0.2) is 26.2 Å². The molecule has 3 atom stereocenters. The number of aliphatic hydroxyl groups is 1. The molecule has 0 spiro atoms. The standard InChI is InChI=1S/C15H27N3O/c1-5-8-18-14(10-16-17-18)15(3,4)12-7-6-11(2)9-13(12)19/h10-13,19H,5-9H2,1-4H3. The molecule has 0 saturated heterocycles. The Bertz CT molecular complexity index is 413. The van der Waals surface area contributed by atoms with Gasteiger partial charge in [-0.25, -0.2) is 4.68 Å². The van der Waals surface area contributed by atoms with Crippen LogP contribution < -0.4 is 0 Å². The lowest BCUT2D eigenvalue weighted by Gasteiger charge is -2.41. The molecule has 0 amide bonds. The van der Waals surface area contributed by atoms with E-state index >= 15 is 0 Å². The van der Waals surface area contributed by atoms with Crippen molar-refractivity contribution in [2.24, 2.45) is 11.8 Å². The van der Waals surface area contributed by atoms with E-state index in [1.165, 1.54) is 6.42 Å². The molecule has 1 aromatic heterocycles. The van der Waals surface area contributed by atoms with E-state index in [1.54, 1.807) is 0 Å². The van der Waals surface area contributed by atoms with E-state index in [-0.39, 0.29) is 11.5 Å². The van der Waals surface area contributed by atoms with Gasteiger partial charge in [-0.1, -0.05) is 39.3 Å². The second-order valence-corrected chi connectivity index (χ2v) is 6.66. The van der Waals surface area contributed by atoms with Crippen molar-refractivity contribution in [3.63, 3.8) is 0 Å². The minimum Gasteiger partial charge on any atom is -0.393 e. The van der Waals surface area contributed by atoms with Gasteiger partial charge in [0.25, 0.3) is 0 Å². The molecule has 108 valence electrons. The van der Waals surface area contributed by atoms with E-state index in [4.69, 9.17) is 0 Å². The van der Waals surface area contributed by atoms with Gasteiger partial charge in [0.15, 0.2) is 0 Å². The zero-order chi connectivity index (χ0) is 14.0. The average Bonchev–Trinajstić information content (AvgIpc) is 2.78. The summed E-state index contributed by atoms with van der Waals surface area (Å²) >= 11 is 0. The van der Waals surface area contributed by atoms with Crippen molar-refractivity contribution in [3.8, 4) is 0 Å². The van der Waals surface area contributed by atoms with E-state index in [9.17, 15) is 5.11 Å². The van der Waals surface area contributed by atoms with Crippen molar-refractivity contribution in [1.82, 2.24) is 15.0 Å². The fourth-order valence-electron chi connectivity index (χ4n) is 3.52. The number of hydrogen-bond donors (Lipinski definition) is 1. The van der Waals surface area contributed by atoms with E-state index in [0.717, 1.165) is 31.5 Å². The van der Waals surface area contributed by atoms with E-state index in [0.29, 0.717) is 11.8 Å². The molecule has 1 heterocycles. The smallest absolute Gasteiger partial charge is 0.0730 e. The number of aryl methyl sites for hydroxylation is 1. The Hall–Kier alpha value is -0.900. The topological polar surface area (TPSA) is 50.9 Å². The van der Waals surface area contributed by atoms with Crippen molar-refractivity contribution in [2.45, 2.75) is 71.4 Å². The minimum atomic E-state index is -0.205. The molecule has 4 heteroatoms. The first-order valence-corrected chi connectivity index (χ1v) is 7.53. The summed E-state index contributed by atoms with van der Waals surface area (Å²) in [4.78, 5) is 0. The summed E-state index contributed by atoms with van der Waals surface area (Å²) in [5.74, 6) is 0.943. The quantitative estimate of drug-likeness (QED) is 0.910. The first kappa shape index (κ1) is 14.5. The van der Waals surface area contributed by atoms with Gasteiger partial charge in [0, 0.05) is 12.0 Å². The predicted molar refractivity (Wildman–Crippen MR) is 75.9 cm³/mol. The summed E-state index contributed by atoms with van der Waals surface area (Å²) < 4.78 is 2.00. The fourth-order valence-corrected chi connectivity index (χ4v) is 3.52. The lowest BCUT2D eigenvalue weighted by molar-refractivity contribution is 0.0121. The minimum absolute atomic E-state index is 0.0712. The number of nitrogens with zero attached hydrogens (tertiary/aromatic N) is 3. The van der Waals surface area contributed by atoms with Gasteiger partial charge in [-0.15, -0.1) is 5.10 Å². The van der Waals surface area contributed by atoms with E-state index < -0.39 is 0 Å². The van der Waals surface area contributed by atoms with Crippen molar-refractivity contribution in [1.29, 1.82) is 0 Å². The van der Waals surface area contributed by atoms with Crippen LogP contribution in [0.15, 0.2) is 6.20 Å². The van der Waals surface area contributed by atoms with Gasteiger partial charge < -0.3 is 5.11 Å². The molecule has 1 N–H and O–H groups in total. The highest BCUT2D eigenvalue weighted by atomic mass is 16.3. The molecule has 1 aliphatic rings. The average molecular weight is 265 g/mol. The summed E-state index contributed by atoms with van der Waals surface area (Å²) in [6, 6.07) is 0. The van der Waals surface area contributed by atoms with Gasteiger partial charge in [-0.3, -0.25) is 0 Å². The predicted octanol–water partition coefficient (Wildman–Crippen LogP) is 2.76. The number of aromatic nitrogens is 3. The van der Waals surface area contributed by atoms with Gasteiger partial charge >= 0.3 is 0 Å². The van der Waals surface area contributed by atoms with Crippen molar-refractivity contribution >= 4 is 0 Å². The van der Waals surface area contributed by atoms with Gasteiger partial charge in [0.1, 0.15) is 0 Å². The third-order valence-corrected chi connectivity index (χ3v) is 4.72. The van der Waals surface area contributed by atoms with Gasteiger partial charge in [-0.05, 0) is 31.1 Å². The van der Waals surface area contributed by atoms with Crippen LogP contribution in [0.2, 0.25) is 0 Å². The Labute approximate surface area is 116 Å². The van der Waals surface area contributed by atoms with Crippen LogP contribution in [0.25, 0.3) is 0 Å². The van der Waals surface area contributed by atoms with Crippen molar-refractivity contribution in [2.75, 3.05) is 0 Å². The van der Waals surface area contributed by atoms with Crippen LogP contribution >= 0.6 is 0 Å². The largest absolute Gasteiger partial charge is 0.393 e. The third-order valence-electron chi connectivity index (χ3n) is 4.72. The molecule has 2 rings (SSSR count). The Morgan fingerprint density at radius 2 is 2.16 bits per heavy atom. The molecule has 0 aliphatic heterocycles. The van der Waals surface area contributed by atoms with Crippen LogP contribution in [0.3, 0.4) is 0 Å². The second-order valence-electron chi connectivity index (χ2n) is 6.66. The van der Waals surface area contributed by atoms with Crippen LogP contribution in [-0.2, 0) is 12.0 Å². The maximum atomic E-state index is 10.4. The fraction of sp³-hybridized carbons (Fsp3) is 0.867. The summed E-state index contributed by atoms with van der Waals surface area (Å²) in [6.45, 7) is 9.73. The van der Waals surface area contributed by atoms with E-state index in [1.807, 2.05) is 10.9 Å². The number of aliphatic hydroxyl groups excluding tert-OH is 1. The highest BCUT2D eigenvalue weighted by Gasteiger charge is 2.41. The maximum absolute atomic E-state index is 10.4. The zero-order valence-electron chi connectivity index (χ0n) is 12.6. The zero-order valence-corrected chi connectivity index (χ0v) is 12.6. The molecule has 1 saturated carbocycles. The molecule has 0 radical (unpaired) electrons. The Balaban J connectivity index is 2.23. The molecule has 1 aliphatic carbocycles. The van der Waals surface area contributed by atoms with Crippen LogP contribution in [0.1, 0.15) is 59.1 Å². The molecule has 3 unspecified atom stereocenters. The summed E-state index contributed by atoms with van der Waals surface area (Å²) in [6.07, 6.45) is 5.94. The SMILES string of the molecule is CCCn1nncc1C(C)(C)C1CCC(C)CC1O. The summed E-state index contributed by atoms with van der Waals surface area (Å²) in [5, 5.41) is 18.7. The van der Waals surface area contributed by atoms with E-state index in [2.05, 4.69) is 38.0 Å². The molecule has 1 fully saturated rings. The first-order chi connectivity index (χ1) is 8.96. The highest BCUT2D eigenvalue weighted by Crippen LogP contribution is 2.42. The Morgan fingerprint density at radius 3 is 2.79 bits per heavy atom. The normalized spacial score (nSPS) is 28.6. The van der Waals surface area contributed by atoms with Crippen LogP contribution in [0.5, 0.6) is 0 Å². The molecule has 19 heavy (non-hydrogen) atoms. The van der Waals surface area contributed by atoms with Gasteiger partial charge in [-0.2, -0.15) is 0 Å². The number of hydrogen-bond acceptors (Lipinski definition) is 3.